The largest absolute Gasteiger partial charge is 0.372 e. The summed E-state index contributed by atoms with van der Waals surface area (Å²) in [5, 5.41) is 11.0. The van der Waals surface area contributed by atoms with Gasteiger partial charge in [0.05, 0.1) is 6.10 Å². The Balaban J connectivity index is 1.50. The highest BCUT2D eigenvalue weighted by Gasteiger charge is 2.75. The lowest BCUT2D eigenvalue weighted by Crippen LogP contribution is -2.57. The van der Waals surface area contributed by atoms with E-state index in [2.05, 4.69) is 49.1 Å². The fourth-order valence-electron chi connectivity index (χ4n) is 4.20. The Morgan fingerprint density at radius 1 is 1.40 bits per heavy atom. The molecule has 1 N–H and O–H groups in total. The van der Waals surface area contributed by atoms with Crippen LogP contribution in [0.15, 0.2) is 36.0 Å². The molecule has 0 aromatic rings. The van der Waals surface area contributed by atoms with Crippen LogP contribution in [-0.4, -0.2) is 40.5 Å². The van der Waals surface area contributed by atoms with E-state index in [9.17, 15) is 5.11 Å². The number of hydrogen-bond acceptors (Lipinski definition) is 3. The minimum atomic E-state index is -0.661. The lowest BCUT2D eigenvalue weighted by molar-refractivity contribution is -0.133. The SMILES string of the molecule is C/C=C(C)/C=C/C=C/[C@@H]1[C@@H]2C[C@H]2[C@]2(O)[C@@H]3O[C@@H]3CCN12. The molecule has 3 saturated heterocycles. The first-order chi connectivity index (χ1) is 9.66. The summed E-state index contributed by atoms with van der Waals surface area (Å²) in [6, 6.07) is 0.394. The van der Waals surface area contributed by atoms with Crippen molar-refractivity contribution in [2.24, 2.45) is 11.8 Å². The molecule has 0 unspecified atom stereocenters. The van der Waals surface area contributed by atoms with E-state index >= 15 is 0 Å². The second kappa shape index (κ2) is 4.30. The Hall–Kier alpha value is -0.900. The van der Waals surface area contributed by atoms with Crippen LogP contribution in [0.2, 0.25) is 0 Å². The van der Waals surface area contributed by atoms with E-state index < -0.39 is 5.72 Å². The Labute approximate surface area is 120 Å². The van der Waals surface area contributed by atoms with Crippen LogP contribution in [0.25, 0.3) is 0 Å². The van der Waals surface area contributed by atoms with E-state index in [-0.39, 0.29) is 6.10 Å². The van der Waals surface area contributed by atoms with Gasteiger partial charge in [0.1, 0.15) is 6.10 Å². The molecule has 0 aromatic carbocycles. The molecular weight excluding hydrogens is 250 g/mol. The number of allylic oxidation sites excluding steroid dienone is 5. The van der Waals surface area contributed by atoms with Gasteiger partial charge in [0.15, 0.2) is 5.72 Å². The fraction of sp³-hybridized carbons (Fsp3) is 0.647. The molecule has 108 valence electrons. The Morgan fingerprint density at radius 3 is 3.05 bits per heavy atom. The molecule has 0 radical (unpaired) electrons. The van der Waals surface area contributed by atoms with Gasteiger partial charge in [-0.2, -0.15) is 0 Å². The predicted molar refractivity (Wildman–Crippen MR) is 78.0 cm³/mol. The van der Waals surface area contributed by atoms with Crippen LogP contribution in [0, 0.1) is 11.8 Å². The molecule has 1 aliphatic carbocycles. The van der Waals surface area contributed by atoms with Crippen LogP contribution in [0.4, 0.5) is 0 Å². The average Bonchev–Trinajstić information content (AvgIpc) is 3.32. The number of rotatable bonds is 3. The first-order valence-electron chi connectivity index (χ1n) is 7.78. The maximum atomic E-state index is 11.0. The third-order valence-corrected chi connectivity index (χ3v) is 5.53. The van der Waals surface area contributed by atoms with Gasteiger partial charge in [-0.1, -0.05) is 36.0 Å². The van der Waals surface area contributed by atoms with Crippen molar-refractivity contribution in [2.75, 3.05) is 6.54 Å². The zero-order valence-electron chi connectivity index (χ0n) is 12.2. The molecular formula is C17H23NO2. The van der Waals surface area contributed by atoms with E-state index in [1.54, 1.807) is 0 Å². The maximum Gasteiger partial charge on any atom is 0.151 e. The summed E-state index contributed by atoms with van der Waals surface area (Å²) in [4.78, 5) is 2.30. The van der Waals surface area contributed by atoms with Crippen molar-refractivity contribution in [3.63, 3.8) is 0 Å². The molecule has 1 saturated carbocycles. The third kappa shape index (κ3) is 1.70. The second-order valence-electron chi connectivity index (χ2n) is 6.63. The van der Waals surface area contributed by atoms with Crippen molar-refractivity contribution in [1.82, 2.24) is 4.90 Å². The molecule has 3 heteroatoms. The Kier molecular flexibility index (Phi) is 2.75. The zero-order valence-corrected chi connectivity index (χ0v) is 12.2. The number of aliphatic hydroxyl groups is 1. The van der Waals surface area contributed by atoms with Crippen molar-refractivity contribution >= 4 is 0 Å². The number of epoxide rings is 1. The number of nitrogens with zero attached hydrogens (tertiary/aromatic N) is 1. The summed E-state index contributed by atoms with van der Waals surface area (Å²) < 4.78 is 5.67. The van der Waals surface area contributed by atoms with Crippen molar-refractivity contribution in [3.8, 4) is 0 Å². The van der Waals surface area contributed by atoms with Gasteiger partial charge in [0.2, 0.25) is 0 Å². The first kappa shape index (κ1) is 12.8. The summed E-state index contributed by atoms with van der Waals surface area (Å²) in [5.41, 5.74) is 0.611. The zero-order chi connectivity index (χ0) is 13.9. The van der Waals surface area contributed by atoms with Gasteiger partial charge in [0.25, 0.3) is 0 Å². The summed E-state index contributed by atoms with van der Waals surface area (Å²) in [7, 11) is 0. The van der Waals surface area contributed by atoms with E-state index in [1.807, 2.05) is 0 Å². The van der Waals surface area contributed by atoms with Crippen molar-refractivity contribution in [2.45, 2.75) is 50.7 Å². The minimum Gasteiger partial charge on any atom is -0.372 e. The minimum absolute atomic E-state index is 0.0884. The van der Waals surface area contributed by atoms with E-state index in [1.165, 1.54) is 5.57 Å². The highest BCUT2D eigenvalue weighted by Crippen LogP contribution is 2.64. The summed E-state index contributed by atoms with van der Waals surface area (Å²) in [6.07, 6.45) is 13.4. The Morgan fingerprint density at radius 2 is 2.25 bits per heavy atom. The highest BCUT2D eigenvalue weighted by molar-refractivity contribution is 5.27. The monoisotopic (exact) mass is 273 g/mol. The fourth-order valence-corrected chi connectivity index (χ4v) is 4.20. The molecule has 4 fully saturated rings. The van der Waals surface area contributed by atoms with Crippen LogP contribution in [0.1, 0.15) is 26.7 Å². The quantitative estimate of drug-likeness (QED) is 0.633. The lowest BCUT2D eigenvalue weighted by atomic mass is 9.95. The number of hydrogen-bond donors (Lipinski definition) is 1. The molecule has 3 heterocycles. The topological polar surface area (TPSA) is 36.0 Å². The maximum absolute atomic E-state index is 11.0. The molecule has 4 rings (SSSR count). The van der Waals surface area contributed by atoms with Crippen LogP contribution in [0.5, 0.6) is 0 Å². The molecule has 0 amide bonds. The van der Waals surface area contributed by atoms with Gasteiger partial charge in [-0.15, -0.1) is 0 Å². The Bertz CT molecular complexity index is 509. The summed E-state index contributed by atoms with van der Waals surface area (Å²) in [5.74, 6) is 1.07. The van der Waals surface area contributed by atoms with E-state index in [4.69, 9.17) is 4.74 Å². The molecule has 0 spiro atoms. The molecule has 6 atom stereocenters. The number of fused-ring (bicyclic) bond motifs is 5. The standard InChI is InChI=1S/C17H23NO2/c1-3-11(2)6-4-5-7-14-12-10-13(12)17(19)16-15(20-16)8-9-18(14)17/h3-7,12-16,19H,8-10H2,1-2H3/b6-4+,7-5+,11-3+/t12-,13-,14-,15-,16-,17+/m1/s1. The van der Waals surface area contributed by atoms with Crippen LogP contribution < -0.4 is 0 Å². The molecule has 3 aliphatic heterocycles. The molecule has 3 nitrogen and oxygen atoms in total. The van der Waals surface area contributed by atoms with Gasteiger partial charge in [-0.25, -0.2) is 0 Å². The highest BCUT2D eigenvalue weighted by atomic mass is 16.6. The normalized spacial score (nSPS) is 50.4. The van der Waals surface area contributed by atoms with Crippen LogP contribution >= 0.6 is 0 Å². The van der Waals surface area contributed by atoms with Crippen molar-refractivity contribution in [1.29, 1.82) is 0 Å². The summed E-state index contributed by atoms with van der Waals surface area (Å²) in [6.45, 7) is 5.12. The molecule has 0 aromatic heterocycles. The first-order valence-corrected chi connectivity index (χ1v) is 7.78. The molecule has 4 aliphatic rings. The average molecular weight is 273 g/mol. The van der Waals surface area contributed by atoms with Crippen LogP contribution in [0.3, 0.4) is 0 Å². The van der Waals surface area contributed by atoms with Gasteiger partial charge in [-0.3, -0.25) is 4.90 Å². The van der Waals surface area contributed by atoms with E-state index in [0.29, 0.717) is 24.0 Å². The van der Waals surface area contributed by atoms with Crippen molar-refractivity contribution in [3.05, 3.63) is 36.0 Å². The number of piperidine rings is 2. The van der Waals surface area contributed by atoms with Gasteiger partial charge >= 0.3 is 0 Å². The molecule has 0 bridgehead atoms. The van der Waals surface area contributed by atoms with E-state index in [0.717, 1.165) is 19.4 Å². The lowest BCUT2D eigenvalue weighted by Gasteiger charge is -2.40. The number of ether oxygens (including phenoxy) is 1. The molecule has 20 heavy (non-hydrogen) atoms. The van der Waals surface area contributed by atoms with Gasteiger partial charge in [-0.05, 0) is 32.6 Å². The van der Waals surface area contributed by atoms with Crippen molar-refractivity contribution < 1.29 is 9.84 Å². The van der Waals surface area contributed by atoms with Gasteiger partial charge in [0, 0.05) is 18.5 Å². The predicted octanol–water partition coefficient (Wildman–Crippen LogP) is 2.25. The van der Waals surface area contributed by atoms with Crippen LogP contribution in [-0.2, 0) is 4.74 Å². The van der Waals surface area contributed by atoms with Gasteiger partial charge < -0.3 is 9.84 Å². The smallest absolute Gasteiger partial charge is 0.151 e. The third-order valence-electron chi connectivity index (χ3n) is 5.53. The second-order valence-corrected chi connectivity index (χ2v) is 6.63. The summed E-state index contributed by atoms with van der Waals surface area (Å²) >= 11 is 0.